The second-order valence-corrected chi connectivity index (χ2v) is 9.15. The monoisotopic (exact) mass is 465 g/mol. The Morgan fingerprint density at radius 3 is 2.24 bits per heavy atom. The molecular formula is C23H16BrNO3S. The Bertz CT molecular complexity index is 1320. The van der Waals surface area contributed by atoms with Gasteiger partial charge in [0.1, 0.15) is 0 Å². The van der Waals surface area contributed by atoms with Gasteiger partial charge in [-0.2, -0.15) is 0 Å². The van der Waals surface area contributed by atoms with Crippen LogP contribution >= 0.6 is 15.9 Å². The van der Waals surface area contributed by atoms with Gasteiger partial charge in [-0.05, 0) is 42.5 Å². The molecule has 0 saturated carbocycles. The topological polar surface area (TPSA) is 56.1 Å². The molecule has 0 bridgehead atoms. The third-order valence-electron chi connectivity index (χ3n) is 4.55. The van der Waals surface area contributed by atoms with Gasteiger partial charge in [0, 0.05) is 27.2 Å². The Kier molecular flexibility index (Phi) is 5.22. The summed E-state index contributed by atoms with van der Waals surface area (Å²) in [6, 6.07) is 22.7. The summed E-state index contributed by atoms with van der Waals surface area (Å²) >= 11 is 3.32. The highest BCUT2D eigenvalue weighted by Gasteiger charge is 2.20. The number of nitrogens with zero attached hydrogens (tertiary/aromatic N) is 1. The summed E-state index contributed by atoms with van der Waals surface area (Å²) in [5, 5.41) is 0.755. The van der Waals surface area contributed by atoms with Crippen molar-refractivity contribution in [1.29, 1.82) is 0 Å². The van der Waals surface area contributed by atoms with E-state index >= 15 is 0 Å². The van der Waals surface area contributed by atoms with Gasteiger partial charge in [-0.3, -0.25) is 4.79 Å². The van der Waals surface area contributed by atoms with Gasteiger partial charge in [0.15, 0.2) is 5.78 Å². The zero-order chi connectivity index (χ0) is 20.4. The van der Waals surface area contributed by atoms with E-state index in [2.05, 4.69) is 15.9 Å². The molecule has 3 aromatic carbocycles. The number of hydrogen-bond donors (Lipinski definition) is 0. The highest BCUT2D eigenvalue weighted by Crippen LogP contribution is 2.27. The minimum atomic E-state index is -3.78. The van der Waals surface area contributed by atoms with E-state index in [1.54, 1.807) is 72.9 Å². The lowest BCUT2D eigenvalue weighted by Gasteiger charge is -2.07. The van der Waals surface area contributed by atoms with E-state index in [1.165, 1.54) is 10.0 Å². The predicted molar refractivity (Wildman–Crippen MR) is 118 cm³/mol. The number of hydrogen-bond acceptors (Lipinski definition) is 3. The van der Waals surface area contributed by atoms with Crippen molar-refractivity contribution in [3.8, 4) is 0 Å². The summed E-state index contributed by atoms with van der Waals surface area (Å²) in [6.07, 6.45) is 4.68. The van der Waals surface area contributed by atoms with Gasteiger partial charge < -0.3 is 0 Å². The van der Waals surface area contributed by atoms with Crippen LogP contribution in [0.2, 0.25) is 0 Å². The molecule has 4 rings (SSSR count). The van der Waals surface area contributed by atoms with Crippen molar-refractivity contribution in [2.75, 3.05) is 0 Å². The molecule has 0 unspecified atom stereocenters. The highest BCUT2D eigenvalue weighted by atomic mass is 79.9. The molecule has 0 amide bonds. The van der Waals surface area contributed by atoms with Crippen LogP contribution in [0.5, 0.6) is 0 Å². The molecule has 6 heteroatoms. The number of halogens is 1. The number of aromatic nitrogens is 1. The molecule has 0 spiro atoms. The molecule has 0 aliphatic rings. The zero-order valence-corrected chi connectivity index (χ0v) is 17.6. The molecule has 144 valence electrons. The van der Waals surface area contributed by atoms with Crippen LogP contribution in [0.3, 0.4) is 0 Å². The number of benzene rings is 3. The first-order chi connectivity index (χ1) is 14.0. The number of ketones is 1. The average molecular weight is 466 g/mol. The summed E-state index contributed by atoms with van der Waals surface area (Å²) in [4.78, 5) is 12.6. The van der Waals surface area contributed by atoms with E-state index in [0.717, 1.165) is 9.86 Å². The zero-order valence-electron chi connectivity index (χ0n) is 15.2. The first kappa shape index (κ1) is 19.4. The molecule has 0 radical (unpaired) electrons. The van der Waals surface area contributed by atoms with E-state index in [4.69, 9.17) is 0 Å². The third-order valence-corrected chi connectivity index (χ3v) is 6.77. The van der Waals surface area contributed by atoms with Crippen LogP contribution < -0.4 is 0 Å². The normalized spacial score (nSPS) is 11.9. The fourth-order valence-corrected chi connectivity index (χ4v) is 4.73. The maximum absolute atomic E-state index is 13.2. The van der Waals surface area contributed by atoms with Crippen LogP contribution in [0.1, 0.15) is 15.9 Å². The maximum atomic E-state index is 13.2. The number of carbonyl (C=O) groups is 1. The molecule has 0 aliphatic carbocycles. The molecular weight excluding hydrogens is 450 g/mol. The van der Waals surface area contributed by atoms with Crippen molar-refractivity contribution < 1.29 is 13.2 Å². The number of fused-ring (bicyclic) bond motifs is 1. The van der Waals surface area contributed by atoms with Crippen LogP contribution in [-0.2, 0) is 10.0 Å². The fourth-order valence-electron chi connectivity index (χ4n) is 3.09. The third kappa shape index (κ3) is 3.81. The van der Waals surface area contributed by atoms with E-state index < -0.39 is 10.0 Å². The smallest absolute Gasteiger partial charge is 0.268 e. The van der Waals surface area contributed by atoms with Crippen LogP contribution in [0, 0.1) is 0 Å². The molecule has 0 N–H and O–H groups in total. The van der Waals surface area contributed by atoms with Crippen molar-refractivity contribution in [3.05, 3.63) is 107 Å². The highest BCUT2D eigenvalue weighted by molar-refractivity contribution is 9.10. The van der Waals surface area contributed by atoms with Crippen LogP contribution in [0.4, 0.5) is 0 Å². The summed E-state index contributed by atoms with van der Waals surface area (Å²) in [7, 11) is -3.78. The molecule has 0 aliphatic heterocycles. The van der Waals surface area contributed by atoms with Gasteiger partial charge in [0.25, 0.3) is 10.0 Å². The quantitative estimate of drug-likeness (QED) is 0.287. The summed E-state index contributed by atoms with van der Waals surface area (Å²) < 4.78 is 28.4. The lowest BCUT2D eigenvalue weighted by atomic mass is 10.1. The van der Waals surface area contributed by atoms with Crippen LogP contribution in [-0.4, -0.2) is 18.2 Å². The van der Waals surface area contributed by atoms with Gasteiger partial charge in [-0.15, -0.1) is 0 Å². The molecule has 1 aromatic heterocycles. The number of rotatable bonds is 5. The Morgan fingerprint density at radius 1 is 0.862 bits per heavy atom. The van der Waals surface area contributed by atoms with Crippen molar-refractivity contribution in [2.45, 2.75) is 4.90 Å². The number of carbonyl (C=O) groups excluding carboxylic acids is 1. The Balaban J connectivity index is 1.79. The summed E-state index contributed by atoms with van der Waals surface area (Å²) in [6.45, 7) is 0. The fraction of sp³-hybridized carbons (Fsp3) is 0. The SMILES string of the molecule is O=C(/C=C/c1cn(S(=O)(=O)c2ccc(Br)cc2)c2ccccc12)c1ccccc1. The van der Waals surface area contributed by atoms with Crippen LogP contribution in [0.15, 0.2) is 101 Å². The predicted octanol–water partition coefficient (Wildman–Crippen LogP) is 5.54. The molecule has 4 nitrogen and oxygen atoms in total. The van der Waals surface area contributed by atoms with E-state index in [-0.39, 0.29) is 10.7 Å². The molecule has 0 fully saturated rings. The first-order valence-electron chi connectivity index (χ1n) is 8.85. The van der Waals surface area contributed by atoms with Crippen molar-refractivity contribution >= 4 is 48.7 Å². The minimum Gasteiger partial charge on any atom is -0.289 e. The second-order valence-electron chi connectivity index (χ2n) is 6.42. The summed E-state index contributed by atoms with van der Waals surface area (Å²) in [5.74, 6) is -0.141. The maximum Gasteiger partial charge on any atom is 0.268 e. The van der Waals surface area contributed by atoms with E-state index in [9.17, 15) is 13.2 Å². The lowest BCUT2D eigenvalue weighted by Crippen LogP contribution is -2.11. The van der Waals surface area contributed by atoms with Gasteiger partial charge in [-0.25, -0.2) is 12.4 Å². The molecule has 4 aromatic rings. The number of allylic oxidation sites excluding steroid dienone is 1. The largest absolute Gasteiger partial charge is 0.289 e. The van der Waals surface area contributed by atoms with Crippen molar-refractivity contribution in [2.24, 2.45) is 0 Å². The lowest BCUT2D eigenvalue weighted by molar-refractivity contribution is 0.104. The Labute approximate surface area is 177 Å². The standard InChI is InChI=1S/C23H16BrNO3S/c24-19-11-13-20(14-12-19)29(27,28)25-16-18(21-8-4-5-9-22(21)25)10-15-23(26)17-6-2-1-3-7-17/h1-16H/b15-10+. The Morgan fingerprint density at radius 2 is 1.52 bits per heavy atom. The van der Waals surface area contributed by atoms with Gasteiger partial charge in [-0.1, -0.05) is 64.5 Å². The molecule has 0 atom stereocenters. The van der Waals surface area contributed by atoms with E-state index in [0.29, 0.717) is 16.6 Å². The van der Waals surface area contributed by atoms with E-state index in [1.807, 2.05) is 18.2 Å². The minimum absolute atomic E-state index is 0.141. The van der Waals surface area contributed by atoms with Crippen LogP contribution in [0.25, 0.3) is 17.0 Å². The summed E-state index contributed by atoms with van der Waals surface area (Å²) in [5.41, 5.74) is 1.79. The molecule has 1 heterocycles. The van der Waals surface area contributed by atoms with Gasteiger partial charge >= 0.3 is 0 Å². The molecule has 29 heavy (non-hydrogen) atoms. The second kappa shape index (κ2) is 7.81. The molecule has 0 saturated heterocycles. The number of para-hydroxylation sites is 1. The Hall–Kier alpha value is -2.96. The van der Waals surface area contributed by atoms with Crippen molar-refractivity contribution in [1.82, 2.24) is 3.97 Å². The van der Waals surface area contributed by atoms with Gasteiger partial charge in [0.05, 0.1) is 10.4 Å². The van der Waals surface area contributed by atoms with Crippen molar-refractivity contribution in [3.63, 3.8) is 0 Å². The first-order valence-corrected chi connectivity index (χ1v) is 11.1. The van der Waals surface area contributed by atoms with Gasteiger partial charge in [0.2, 0.25) is 0 Å². The average Bonchev–Trinajstić information content (AvgIpc) is 3.12.